The van der Waals surface area contributed by atoms with Crippen LogP contribution in [-0.4, -0.2) is 32.1 Å². The third kappa shape index (κ3) is 3.62. The number of nitrogen functional groups attached to an aromatic ring is 1. The van der Waals surface area contributed by atoms with E-state index < -0.39 is 0 Å². The lowest BCUT2D eigenvalue weighted by atomic mass is 10.1. The van der Waals surface area contributed by atoms with Gasteiger partial charge in [0.05, 0.1) is 6.61 Å². The summed E-state index contributed by atoms with van der Waals surface area (Å²) in [4.78, 5) is 2.15. The zero-order chi connectivity index (χ0) is 13.7. The molecule has 0 amide bonds. The van der Waals surface area contributed by atoms with Gasteiger partial charge < -0.3 is 15.4 Å². The molecule has 5 heteroatoms. The van der Waals surface area contributed by atoms with Gasteiger partial charge in [0.25, 0.3) is 0 Å². The second kappa shape index (κ2) is 6.61. The van der Waals surface area contributed by atoms with E-state index in [1.54, 1.807) is 13.2 Å². The molecule has 3 N–H and O–H groups in total. The van der Waals surface area contributed by atoms with Gasteiger partial charge in [-0.1, -0.05) is 11.6 Å². The number of halogens is 1. The fourth-order valence-electron chi connectivity index (χ4n) is 1.82. The van der Waals surface area contributed by atoms with Gasteiger partial charge in [-0.05, 0) is 32.0 Å². The first-order valence-corrected chi connectivity index (χ1v) is 6.24. The molecule has 0 radical (unpaired) electrons. The van der Waals surface area contributed by atoms with Crippen LogP contribution in [0.25, 0.3) is 0 Å². The third-order valence-corrected chi connectivity index (χ3v) is 2.95. The van der Waals surface area contributed by atoms with Gasteiger partial charge in [0.1, 0.15) is 5.84 Å². The Labute approximate surface area is 113 Å². The highest BCUT2D eigenvalue weighted by Gasteiger charge is 2.16. The summed E-state index contributed by atoms with van der Waals surface area (Å²) in [7, 11) is 1.67. The van der Waals surface area contributed by atoms with Crippen LogP contribution in [0.5, 0.6) is 0 Å². The number of nitrogens with zero attached hydrogens (tertiary/aromatic N) is 1. The Balaban J connectivity index is 3.14. The largest absolute Gasteiger partial charge is 0.384 e. The van der Waals surface area contributed by atoms with Crippen molar-refractivity contribution in [1.82, 2.24) is 0 Å². The standard InChI is InChI=1S/C13H20ClN3O/c1-9(2)17(6-7-18-3)12-5-4-10(14)8-11(12)13(15)16/h4-5,8-9H,6-7H2,1-3H3,(H3,15,16). The molecule has 0 aliphatic carbocycles. The zero-order valence-corrected chi connectivity index (χ0v) is 11.8. The average molecular weight is 270 g/mol. The minimum atomic E-state index is 0.0237. The number of amidine groups is 1. The van der Waals surface area contributed by atoms with Gasteiger partial charge in [0, 0.05) is 36.0 Å². The highest BCUT2D eigenvalue weighted by Crippen LogP contribution is 2.25. The zero-order valence-electron chi connectivity index (χ0n) is 11.0. The van der Waals surface area contributed by atoms with E-state index in [1.807, 2.05) is 12.1 Å². The monoisotopic (exact) mass is 269 g/mol. The van der Waals surface area contributed by atoms with Gasteiger partial charge in [-0.3, -0.25) is 5.41 Å². The first-order chi connectivity index (χ1) is 8.47. The highest BCUT2D eigenvalue weighted by atomic mass is 35.5. The van der Waals surface area contributed by atoms with Crippen molar-refractivity contribution < 1.29 is 4.74 Å². The lowest BCUT2D eigenvalue weighted by molar-refractivity contribution is 0.204. The molecule has 0 aliphatic heterocycles. The summed E-state index contributed by atoms with van der Waals surface area (Å²) >= 11 is 5.95. The molecule has 100 valence electrons. The van der Waals surface area contributed by atoms with Crippen molar-refractivity contribution in [3.63, 3.8) is 0 Å². The number of methoxy groups -OCH3 is 1. The molecule has 0 aliphatic rings. The van der Waals surface area contributed by atoms with Crippen LogP contribution in [0.1, 0.15) is 19.4 Å². The van der Waals surface area contributed by atoms with Crippen molar-refractivity contribution >= 4 is 23.1 Å². The summed E-state index contributed by atoms with van der Waals surface area (Å²) in [5.41, 5.74) is 7.19. The molecule has 0 unspecified atom stereocenters. The first-order valence-electron chi connectivity index (χ1n) is 5.87. The van der Waals surface area contributed by atoms with E-state index in [-0.39, 0.29) is 5.84 Å². The number of benzene rings is 1. The molecule has 18 heavy (non-hydrogen) atoms. The van der Waals surface area contributed by atoms with Crippen LogP contribution in [0.2, 0.25) is 5.02 Å². The van der Waals surface area contributed by atoms with E-state index >= 15 is 0 Å². The Morgan fingerprint density at radius 3 is 2.67 bits per heavy atom. The summed E-state index contributed by atoms with van der Waals surface area (Å²) < 4.78 is 5.12. The molecule has 0 atom stereocenters. The molecule has 0 spiro atoms. The van der Waals surface area contributed by atoms with Crippen molar-refractivity contribution in [2.24, 2.45) is 5.73 Å². The van der Waals surface area contributed by atoms with Crippen molar-refractivity contribution in [2.45, 2.75) is 19.9 Å². The number of hydrogen-bond donors (Lipinski definition) is 2. The number of anilines is 1. The molecule has 1 rings (SSSR count). The van der Waals surface area contributed by atoms with Gasteiger partial charge >= 0.3 is 0 Å². The maximum absolute atomic E-state index is 7.65. The van der Waals surface area contributed by atoms with Crippen molar-refractivity contribution in [3.05, 3.63) is 28.8 Å². The quantitative estimate of drug-likeness (QED) is 0.616. The van der Waals surface area contributed by atoms with Gasteiger partial charge in [-0.25, -0.2) is 0 Å². The van der Waals surface area contributed by atoms with Crippen LogP contribution in [0.3, 0.4) is 0 Å². The van der Waals surface area contributed by atoms with E-state index in [1.165, 1.54) is 0 Å². The molecule has 0 saturated heterocycles. The summed E-state index contributed by atoms with van der Waals surface area (Å²) in [6.07, 6.45) is 0. The average Bonchev–Trinajstić information content (AvgIpc) is 2.30. The van der Waals surface area contributed by atoms with Crippen molar-refractivity contribution in [3.8, 4) is 0 Å². The van der Waals surface area contributed by atoms with Crippen LogP contribution in [-0.2, 0) is 4.74 Å². The summed E-state index contributed by atoms with van der Waals surface area (Å²) in [5.74, 6) is 0.0237. The summed E-state index contributed by atoms with van der Waals surface area (Å²) in [6.45, 7) is 5.55. The van der Waals surface area contributed by atoms with Gasteiger partial charge in [0.2, 0.25) is 0 Å². The van der Waals surface area contributed by atoms with Crippen LogP contribution in [0.15, 0.2) is 18.2 Å². The molecule has 0 aromatic heterocycles. The third-order valence-electron chi connectivity index (χ3n) is 2.72. The highest BCUT2D eigenvalue weighted by molar-refractivity contribution is 6.31. The minimum Gasteiger partial charge on any atom is -0.384 e. The normalized spacial score (nSPS) is 10.7. The maximum atomic E-state index is 7.65. The van der Waals surface area contributed by atoms with Crippen LogP contribution >= 0.6 is 11.6 Å². The maximum Gasteiger partial charge on any atom is 0.124 e. The van der Waals surface area contributed by atoms with Crippen LogP contribution < -0.4 is 10.6 Å². The Hall–Kier alpha value is -1.26. The predicted molar refractivity (Wildman–Crippen MR) is 76.8 cm³/mol. The fraction of sp³-hybridized carbons (Fsp3) is 0.462. The Kier molecular flexibility index (Phi) is 5.44. The fourth-order valence-corrected chi connectivity index (χ4v) is 1.99. The van der Waals surface area contributed by atoms with E-state index in [9.17, 15) is 0 Å². The number of nitrogens with one attached hydrogen (secondary N) is 1. The molecule has 0 heterocycles. The Bertz CT molecular complexity index is 421. The van der Waals surface area contributed by atoms with E-state index in [0.717, 1.165) is 12.2 Å². The van der Waals surface area contributed by atoms with E-state index in [2.05, 4.69) is 18.7 Å². The number of hydrogen-bond acceptors (Lipinski definition) is 3. The molecule has 0 bridgehead atoms. The van der Waals surface area contributed by atoms with Crippen molar-refractivity contribution in [2.75, 3.05) is 25.2 Å². The first kappa shape index (κ1) is 14.8. The smallest absolute Gasteiger partial charge is 0.124 e. The van der Waals surface area contributed by atoms with Gasteiger partial charge in [0.15, 0.2) is 0 Å². The van der Waals surface area contributed by atoms with Crippen LogP contribution in [0, 0.1) is 5.41 Å². The van der Waals surface area contributed by atoms with Crippen molar-refractivity contribution in [1.29, 1.82) is 5.41 Å². The van der Waals surface area contributed by atoms with Gasteiger partial charge in [-0.2, -0.15) is 0 Å². The Morgan fingerprint density at radius 1 is 1.50 bits per heavy atom. The van der Waals surface area contributed by atoms with E-state index in [4.69, 9.17) is 27.5 Å². The molecular formula is C13H20ClN3O. The SMILES string of the molecule is COCCN(c1ccc(Cl)cc1C(=N)N)C(C)C. The number of nitrogens with two attached hydrogens (primary N) is 1. The summed E-state index contributed by atoms with van der Waals surface area (Å²) in [5, 5.41) is 8.23. The topological polar surface area (TPSA) is 62.3 Å². The molecular weight excluding hydrogens is 250 g/mol. The minimum absolute atomic E-state index is 0.0237. The second-order valence-corrected chi connectivity index (χ2v) is 4.79. The Morgan fingerprint density at radius 2 is 2.17 bits per heavy atom. The van der Waals surface area contributed by atoms with Gasteiger partial charge in [-0.15, -0.1) is 0 Å². The lowest BCUT2D eigenvalue weighted by Gasteiger charge is -2.30. The number of rotatable bonds is 6. The molecule has 0 fully saturated rings. The molecule has 0 saturated carbocycles. The molecule has 1 aromatic rings. The van der Waals surface area contributed by atoms with E-state index in [0.29, 0.717) is 23.2 Å². The number of ether oxygens (including phenoxy) is 1. The predicted octanol–water partition coefficient (Wildman–Crippen LogP) is 2.49. The second-order valence-electron chi connectivity index (χ2n) is 4.36. The van der Waals surface area contributed by atoms with Crippen LogP contribution in [0.4, 0.5) is 5.69 Å². The lowest BCUT2D eigenvalue weighted by Crippen LogP contribution is -2.35. The summed E-state index contributed by atoms with van der Waals surface area (Å²) in [6, 6.07) is 5.72. The molecule has 1 aromatic carbocycles. The molecule has 4 nitrogen and oxygen atoms in total.